The number of carbonyl (C=O) groups excluding carboxylic acids is 3. The number of phenols is 1. The standard InChI is InChI=1S/C32H34ClN7O4/c1-2-15-34-18-28(42)40-26(16-21-11-13-24(41)14-12-21)31(43)39(19-23-9-6-10-25-29(23)37-38-30(25)33)20-27(40)36-32(44)35-17-22-7-4-3-5-8-22/h2-14,26-27,34,41H,1,15-20H2,(H,37,38)(H2,35,36,44)/t26-,27+/m0/s1. The lowest BCUT2D eigenvalue weighted by molar-refractivity contribution is -0.156. The van der Waals surface area contributed by atoms with Crippen LogP contribution in [-0.4, -0.2) is 74.8 Å². The van der Waals surface area contributed by atoms with E-state index in [2.05, 4.69) is 32.7 Å². The summed E-state index contributed by atoms with van der Waals surface area (Å²) in [4.78, 5) is 44.2. The van der Waals surface area contributed by atoms with Crippen molar-refractivity contribution in [1.29, 1.82) is 0 Å². The number of carbonyl (C=O) groups is 3. The predicted molar refractivity (Wildman–Crippen MR) is 168 cm³/mol. The average Bonchev–Trinajstić information content (AvgIpc) is 3.41. The van der Waals surface area contributed by atoms with Gasteiger partial charge in [0.2, 0.25) is 11.8 Å². The summed E-state index contributed by atoms with van der Waals surface area (Å²) in [5.41, 5.74) is 3.06. The molecule has 2 heterocycles. The number of aromatic amines is 1. The minimum Gasteiger partial charge on any atom is -0.508 e. The van der Waals surface area contributed by atoms with Crippen molar-refractivity contribution < 1.29 is 19.5 Å². The van der Waals surface area contributed by atoms with E-state index in [-0.39, 0.29) is 50.2 Å². The van der Waals surface area contributed by atoms with Crippen LogP contribution in [0.2, 0.25) is 5.15 Å². The zero-order valence-corrected chi connectivity index (χ0v) is 24.8. The molecule has 0 saturated carbocycles. The maximum atomic E-state index is 14.2. The second-order valence-corrected chi connectivity index (χ2v) is 10.9. The Morgan fingerprint density at radius 1 is 1.07 bits per heavy atom. The van der Waals surface area contributed by atoms with E-state index in [9.17, 15) is 19.5 Å². The van der Waals surface area contributed by atoms with Gasteiger partial charge in [0.05, 0.1) is 18.6 Å². The third-order valence-electron chi connectivity index (χ3n) is 7.46. The quantitative estimate of drug-likeness (QED) is 0.129. The Bertz CT molecular complexity index is 1630. The first kappa shape index (κ1) is 30.6. The number of aromatic nitrogens is 2. The van der Waals surface area contributed by atoms with Crippen LogP contribution >= 0.6 is 11.6 Å². The zero-order valence-electron chi connectivity index (χ0n) is 24.0. The maximum Gasteiger partial charge on any atom is 0.316 e. The molecular formula is C32H34ClN7O4. The van der Waals surface area contributed by atoms with Gasteiger partial charge in [-0.2, -0.15) is 5.10 Å². The van der Waals surface area contributed by atoms with E-state index in [1.54, 1.807) is 23.1 Å². The van der Waals surface area contributed by atoms with Gasteiger partial charge in [0, 0.05) is 31.4 Å². The number of fused-ring (bicyclic) bond motifs is 1. The molecule has 1 aromatic heterocycles. The highest BCUT2D eigenvalue weighted by molar-refractivity contribution is 6.34. The fraction of sp³-hybridized carbons (Fsp3) is 0.250. The number of H-pyrrole nitrogens is 1. The average molecular weight is 616 g/mol. The molecule has 1 fully saturated rings. The second kappa shape index (κ2) is 14.1. The third-order valence-corrected chi connectivity index (χ3v) is 7.74. The van der Waals surface area contributed by atoms with Crippen molar-refractivity contribution in [3.05, 3.63) is 107 Å². The SMILES string of the molecule is C=CCNCC(=O)N1[C@@H](NC(=O)NCc2ccccc2)CN(Cc2cccc3c(Cl)[nH]nc23)C(=O)[C@@H]1Cc1ccc(O)cc1. The molecule has 0 spiro atoms. The topological polar surface area (TPSA) is 143 Å². The smallest absolute Gasteiger partial charge is 0.316 e. The van der Waals surface area contributed by atoms with E-state index in [1.165, 1.54) is 17.0 Å². The van der Waals surface area contributed by atoms with Crippen LogP contribution in [0.15, 0.2) is 85.5 Å². The molecule has 1 aliphatic rings. The van der Waals surface area contributed by atoms with Crippen LogP contribution in [0, 0.1) is 0 Å². The summed E-state index contributed by atoms with van der Waals surface area (Å²) in [5, 5.41) is 26.9. The first-order chi connectivity index (χ1) is 21.3. The summed E-state index contributed by atoms with van der Waals surface area (Å²) in [5.74, 6) is -0.540. The highest BCUT2D eigenvalue weighted by Gasteiger charge is 2.43. The predicted octanol–water partition coefficient (Wildman–Crippen LogP) is 3.31. The Balaban J connectivity index is 1.46. The monoisotopic (exact) mass is 615 g/mol. The molecule has 44 heavy (non-hydrogen) atoms. The molecule has 0 bridgehead atoms. The Morgan fingerprint density at radius 2 is 1.84 bits per heavy atom. The summed E-state index contributed by atoms with van der Waals surface area (Å²) < 4.78 is 0. The van der Waals surface area contributed by atoms with Crippen molar-refractivity contribution in [2.45, 2.75) is 31.7 Å². The number of benzene rings is 3. The maximum absolute atomic E-state index is 14.2. The normalized spacial score (nSPS) is 16.6. The van der Waals surface area contributed by atoms with Crippen molar-refractivity contribution in [2.24, 2.45) is 0 Å². The third kappa shape index (κ3) is 7.19. The number of nitrogens with one attached hydrogen (secondary N) is 4. The van der Waals surface area contributed by atoms with Crippen LogP contribution in [0.4, 0.5) is 4.79 Å². The zero-order chi connectivity index (χ0) is 31.1. The summed E-state index contributed by atoms with van der Waals surface area (Å²) >= 11 is 6.27. The van der Waals surface area contributed by atoms with E-state index in [0.29, 0.717) is 17.2 Å². The first-order valence-electron chi connectivity index (χ1n) is 14.2. The molecule has 0 radical (unpaired) electrons. The highest BCUT2D eigenvalue weighted by Crippen LogP contribution is 2.27. The van der Waals surface area contributed by atoms with Crippen LogP contribution < -0.4 is 16.0 Å². The molecule has 4 amide bonds. The van der Waals surface area contributed by atoms with Gasteiger partial charge in [0.1, 0.15) is 23.1 Å². The Labute approximate surface area is 259 Å². The number of hydrogen-bond donors (Lipinski definition) is 5. The number of amides is 4. The molecule has 1 aliphatic heterocycles. The molecule has 5 rings (SSSR count). The highest BCUT2D eigenvalue weighted by atomic mass is 35.5. The van der Waals surface area contributed by atoms with E-state index < -0.39 is 18.2 Å². The molecule has 1 saturated heterocycles. The molecular weight excluding hydrogens is 582 g/mol. The molecule has 12 heteroatoms. The number of piperazine rings is 1. The van der Waals surface area contributed by atoms with Crippen LogP contribution in [-0.2, 0) is 29.1 Å². The van der Waals surface area contributed by atoms with Gasteiger partial charge in [-0.1, -0.05) is 72.3 Å². The van der Waals surface area contributed by atoms with Gasteiger partial charge < -0.3 is 30.9 Å². The van der Waals surface area contributed by atoms with Gasteiger partial charge in [-0.05, 0) is 34.9 Å². The number of rotatable bonds is 11. The number of aromatic hydroxyl groups is 1. The number of halogens is 1. The van der Waals surface area contributed by atoms with Crippen molar-refractivity contribution in [1.82, 2.24) is 35.9 Å². The Hall–Kier alpha value is -4.87. The van der Waals surface area contributed by atoms with Gasteiger partial charge in [0.15, 0.2) is 0 Å². The van der Waals surface area contributed by atoms with Crippen molar-refractivity contribution in [2.75, 3.05) is 19.6 Å². The van der Waals surface area contributed by atoms with Crippen LogP contribution in [0.1, 0.15) is 16.7 Å². The molecule has 0 unspecified atom stereocenters. The summed E-state index contributed by atoms with van der Waals surface area (Å²) in [6.07, 6.45) is 0.968. The van der Waals surface area contributed by atoms with E-state index >= 15 is 0 Å². The minimum absolute atomic E-state index is 0.0470. The van der Waals surface area contributed by atoms with Gasteiger partial charge in [-0.3, -0.25) is 14.7 Å². The van der Waals surface area contributed by atoms with Gasteiger partial charge in [0.25, 0.3) is 0 Å². The van der Waals surface area contributed by atoms with Crippen molar-refractivity contribution in [3.63, 3.8) is 0 Å². The van der Waals surface area contributed by atoms with Gasteiger partial charge in [-0.15, -0.1) is 6.58 Å². The lowest BCUT2D eigenvalue weighted by Gasteiger charge is -2.46. The van der Waals surface area contributed by atoms with Gasteiger partial charge >= 0.3 is 6.03 Å². The Morgan fingerprint density at radius 3 is 2.59 bits per heavy atom. The number of nitrogens with zero attached hydrogens (tertiary/aromatic N) is 3. The van der Waals surface area contributed by atoms with Crippen molar-refractivity contribution in [3.8, 4) is 5.75 Å². The number of urea groups is 1. The van der Waals surface area contributed by atoms with Crippen molar-refractivity contribution >= 4 is 40.3 Å². The van der Waals surface area contributed by atoms with E-state index in [4.69, 9.17) is 11.6 Å². The second-order valence-electron chi connectivity index (χ2n) is 10.5. The fourth-order valence-corrected chi connectivity index (χ4v) is 5.53. The summed E-state index contributed by atoms with van der Waals surface area (Å²) in [6.45, 7) is 4.54. The summed E-state index contributed by atoms with van der Waals surface area (Å²) in [6, 6.07) is 20.1. The van der Waals surface area contributed by atoms with Crippen LogP contribution in [0.3, 0.4) is 0 Å². The molecule has 5 N–H and O–H groups in total. The van der Waals surface area contributed by atoms with Gasteiger partial charge in [-0.25, -0.2) is 4.79 Å². The molecule has 0 aliphatic carbocycles. The number of phenolic OH excluding ortho intramolecular Hbond substituents is 1. The number of hydrogen-bond acceptors (Lipinski definition) is 6. The number of para-hydroxylation sites is 1. The fourth-order valence-electron chi connectivity index (χ4n) is 5.33. The first-order valence-corrected chi connectivity index (χ1v) is 14.6. The largest absolute Gasteiger partial charge is 0.508 e. The molecule has 228 valence electrons. The lowest BCUT2D eigenvalue weighted by Crippen LogP contribution is -2.69. The molecule has 3 aromatic carbocycles. The van der Waals surface area contributed by atoms with Crippen LogP contribution in [0.25, 0.3) is 10.9 Å². The molecule has 4 aromatic rings. The molecule has 11 nitrogen and oxygen atoms in total. The lowest BCUT2D eigenvalue weighted by atomic mass is 9.98. The summed E-state index contributed by atoms with van der Waals surface area (Å²) in [7, 11) is 0. The Kier molecular flexibility index (Phi) is 9.78. The minimum atomic E-state index is -0.937. The molecule has 2 atom stereocenters. The van der Waals surface area contributed by atoms with Crippen LogP contribution in [0.5, 0.6) is 5.75 Å². The van der Waals surface area contributed by atoms with E-state index in [0.717, 1.165) is 22.1 Å². The van der Waals surface area contributed by atoms with E-state index in [1.807, 2.05) is 48.5 Å².